The number of furan rings is 1. The summed E-state index contributed by atoms with van der Waals surface area (Å²) in [5.41, 5.74) is 0.481. The van der Waals surface area contributed by atoms with Crippen LogP contribution < -0.4 is 19.9 Å². The first-order chi connectivity index (χ1) is 13.5. The zero-order chi connectivity index (χ0) is 20.3. The van der Waals surface area contributed by atoms with Gasteiger partial charge in [-0.1, -0.05) is 0 Å². The predicted octanol–water partition coefficient (Wildman–Crippen LogP) is 2.97. The zero-order valence-electron chi connectivity index (χ0n) is 15.9. The standard InChI is InChI=1S/C20H21N3O4S/c1-4-22(5-2)17-11-10-15(27-17)12-16-18(24)21-20(28)23(19(16)25)13-6-8-14(26-3)9-7-13/h6-12H,4-5H2,1-3H3,(H,21,24,28). The van der Waals surface area contributed by atoms with Crippen LogP contribution in [-0.4, -0.2) is 37.1 Å². The Kier molecular flexibility index (Phi) is 5.79. The number of benzene rings is 1. The van der Waals surface area contributed by atoms with Crippen molar-refractivity contribution in [1.82, 2.24) is 5.32 Å². The average Bonchev–Trinajstić information content (AvgIpc) is 3.15. The van der Waals surface area contributed by atoms with Gasteiger partial charge in [-0.3, -0.25) is 19.8 Å². The molecule has 28 heavy (non-hydrogen) atoms. The van der Waals surface area contributed by atoms with Crippen molar-refractivity contribution in [2.75, 3.05) is 30.0 Å². The van der Waals surface area contributed by atoms with E-state index in [9.17, 15) is 9.59 Å². The fourth-order valence-electron chi connectivity index (χ4n) is 2.89. The summed E-state index contributed by atoms with van der Waals surface area (Å²) >= 11 is 5.20. The Balaban J connectivity index is 1.92. The number of rotatable bonds is 6. The summed E-state index contributed by atoms with van der Waals surface area (Å²) in [4.78, 5) is 28.7. The molecule has 2 heterocycles. The molecule has 2 aromatic rings. The second-order valence-electron chi connectivity index (χ2n) is 6.00. The molecule has 1 aliphatic rings. The molecular weight excluding hydrogens is 378 g/mol. The fourth-order valence-corrected chi connectivity index (χ4v) is 3.17. The van der Waals surface area contributed by atoms with Crippen LogP contribution in [0.15, 0.2) is 46.4 Å². The van der Waals surface area contributed by atoms with Gasteiger partial charge < -0.3 is 14.1 Å². The Morgan fingerprint density at radius 3 is 2.43 bits per heavy atom. The Hall–Kier alpha value is -3.13. The molecule has 0 atom stereocenters. The fraction of sp³-hybridized carbons (Fsp3) is 0.250. The highest BCUT2D eigenvalue weighted by Gasteiger charge is 2.34. The minimum absolute atomic E-state index is 0.0283. The number of anilines is 2. The number of nitrogens with one attached hydrogen (secondary N) is 1. The van der Waals surface area contributed by atoms with Crippen LogP contribution in [0.5, 0.6) is 5.75 Å². The van der Waals surface area contributed by atoms with Crippen molar-refractivity contribution in [1.29, 1.82) is 0 Å². The summed E-state index contributed by atoms with van der Waals surface area (Å²) in [5.74, 6) is 0.685. The predicted molar refractivity (Wildman–Crippen MR) is 111 cm³/mol. The van der Waals surface area contributed by atoms with Gasteiger partial charge in [0.1, 0.15) is 17.1 Å². The van der Waals surface area contributed by atoms with Gasteiger partial charge in [0.2, 0.25) is 0 Å². The maximum atomic E-state index is 13.0. The Morgan fingerprint density at radius 2 is 1.82 bits per heavy atom. The smallest absolute Gasteiger partial charge is 0.270 e. The van der Waals surface area contributed by atoms with Crippen molar-refractivity contribution in [3.63, 3.8) is 0 Å². The molecule has 1 aromatic heterocycles. The van der Waals surface area contributed by atoms with E-state index in [0.29, 0.717) is 23.1 Å². The van der Waals surface area contributed by atoms with Crippen LogP contribution in [0.3, 0.4) is 0 Å². The molecule has 0 radical (unpaired) electrons. The van der Waals surface area contributed by atoms with Gasteiger partial charge in [0.05, 0.1) is 12.8 Å². The second-order valence-corrected chi connectivity index (χ2v) is 6.39. The topological polar surface area (TPSA) is 75.0 Å². The first-order valence-corrected chi connectivity index (χ1v) is 9.29. The minimum Gasteiger partial charge on any atom is -0.497 e. The number of ether oxygens (including phenoxy) is 1. The summed E-state index contributed by atoms with van der Waals surface area (Å²) in [5, 5.41) is 2.58. The number of carbonyl (C=O) groups is 2. The van der Waals surface area contributed by atoms with Crippen LogP contribution in [0.2, 0.25) is 0 Å². The molecule has 0 unspecified atom stereocenters. The molecule has 0 spiro atoms. The van der Waals surface area contributed by atoms with Crippen molar-refractivity contribution >= 4 is 46.8 Å². The van der Waals surface area contributed by atoms with E-state index in [-0.39, 0.29) is 10.7 Å². The molecule has 0 bridgehead atoms. The van der Waals surface area contributed by atoms with E-state index in [2.05, 4.69) is 5.32 Å². The number of carbonyl (C=O) groups excluding carboxylic acids is 2. The molecule has 1 saturated heterocycles. The first kappa shape index (κ1) is 19.6. The third kappa shape index (κ3) is 3.77. The van der Waals surface area contributed by atoms with Crippen LogP contribution in [0, 0.1) is 0 Å². The molecule has 2 amide bonds. The number of hydrogen-bond acceptors (Lipinski definition) is 6. The molecule has 3 rings (SSSR count). The van der Waals surface area contributed by atoms with Gasteiger partial charge in [-0.15, -0.1) is 0 Å². The third-order valence-corrected chi connectivity index (χ3v) is 4.69. The van der Waals surface area contributed by atoms with Gasteiger partial charge in [-0.25, -0.2) is 0 Å². The third-order valence-electron chi connectivity index (χ3n) is 4.41. The van der Waals surface area contributed by atoms with E-state index in [1.165, 1.54) is 11.0 Å². The average molecular weight is 399 g/mol. The maximum Gasteiger partial charge on any atom is 0.270 e. The second kappa shape index (κ2) is 8.26. The maximum absolute atomic E-state index is 13.0. The van der Waals surface area contributed by atoms with E-state index < -0.39 is 11.8 Å². The van der Waals surface area contributed by atoms with Crippen molar-refractivity contribution in [2.45, 2.75) is 13.8 Å². The Labute approximate surface area is 168 Å². The van der Waals surface area contributed by atoms with E-state index in [4.69, 9.17) is 21.4 Å². The van der Waals surface area contributed by atoms with Crippen molar-refractivity contribution < 1.29 is 18.7 Å². The van der Waals surface area contributed by atoms with Gasteiger partial charge in [0.25, 0.3) is 11.8 Å². The van der Waals surface area contributed by atoms with Crippen molar-refractivity contribution in [3.05, 3.63) is 47.7 Å². The summed E-state index contributed by atoms with van der Waals surface area (Å²) in [6.07, 6.45) is 1.43. The molecule has 8 heteroatoms. The van der Waals surface area contributed by atoms with Crippen LogP contribution in [0.4, 0.5) is 11.6 Å². The quantitative estimate of drug-likeness (QED) is 0.457. The number of amides is 2. The van der Waals surface area contributed by atoms with Crippen LogP contribution in [-0.2, 0) is 9.59 Å². The van der Waals surface area contributed by atoms with Gasteiger partial charge in [-0.05, 0) is 62.5 Å². The summed E-state index contributed by atoms with van der Waals surface area (Å²) in [6, 6.07) is 10.4. The summed E-state index contributed by atoms with van der Waals surface area (Å²) in [7, 11) is 1.56. The van der Waals surface area contributed by atoms with Crippen LogP contribution in [0.1, 0.15) is 19.6 Å². The van der Waals surface area contributed by atoms with Gasteiger partial charge >= 0.3 is 0 Å². The lowest BCUT2D eigenvalue weighted by Gasteiger charge is -2.28. The van der Waals surface area contributed by atoms with Gasteiger partial charge in [0, 0.05) is 19.2 Å². The number of hydrogen-bond donors (Lipinski definition) is 1. The molecular formula is C20H21N3O4S. The van der Waals surface area contributed by atoms with Crippen molar-refractivity contribution in [3.8, 4) is 5.75 Å². The van der Waals surface area contributed by atoms with Gasteiger partial charge in [0.15, 0.2) is 11.0 Å². The van der Waals surface area contributed by atoms with Crippen LogP contribution in [0.25, 0.3) is 6.08 Å². The Morgan fingerprint density at radius 1 is 1.14 bits per heavy atom. The lowest BCUT2D eigenvalue weighted by Crippen LogP contribution is -2.54. The molecule has 0 saturated carbocycles. The molecule has 1 N–H and O–H groups in total. The lowest BCUT2D eigenvalue weighted by molar-refractivity contribution is -0.122. The monoisotopic (exact) mass is 399 g/mol. The highest BCUT2D eigenvalue weighted by atomic mass is 32.1. The van der Waals surface area contributed by atoms with E-state index in [1.54, 1.807) is 37.4 Å². The molecule has 1 aromatic carbocycles. The van der Waals surface area contributed by atoms with Crippen molar-refractivity contribution in [2.24, 2.45) is 0 Å². The number of thiocarbonyl (C=S) groups is 1. The zero-order valence-corrected chi connectivity index (χ0v) is 16.7. The largest absolute Gasteiger partial charge is 0.497 e. The molecule has 146 valence electrons. The molecule has 0 aliphatic carbocycles. The van der Waals surface area contributed by atoms with E-state index >= 15 is 0 Å². The Bertz CT molecular complexity index is 929. The first-order valence-electron chi connectivity index (χ1n) is 8.88. The van der Waals surface area contributed by atoms with Gasteiger partial charge in [-0.2, -0.15) is 0 Å². The summed E-state index contributed by atoms with van der Waals surface area (Å²) < 4.78 is 10.9. The molecule has 1 fully saturated rings. The highest BCUT2D eigenvalue weighted by Crippen LogP contribution is 2.26. The summed E-state index contributed by atoms with van der Waals surface area (Å²) in [6.45, 7) is 5.63. The van der Waals surface area contributed by atoms with E-state index in [1.807, 2.05) is 24.8 Å². The SMILES string of the molecule is CCN(CC)c1ccc(C=C2C(=O)NC(=S)N(c3ccc(OC)cc3)C2=O)o1. The number of methoxy groups -OCH3 is 1. The molecule has 1 aliphatic heterocycles. The lowest BCUT2D eigenvalue weighted by atomic mass is 10.1. The van der Waals surface area contributed by atoms with E-state index in [0.717, 1.165) is 13.1 Å². The normalized spacial score (nSPS) is 15.8. The minimum atomic E-state index is -0.555. The molecule has 7 nitrogen and oxygen atoms in total. The highest BCUT2D eigenvalue weighted by molar-refractivity contribution is 7.80. The van der Waals surface area contributed by atoms with Crippen LogP contribution >= 0.6 is 12.2 Å². The number of nitrogens with zero attached hydrogens (tertiary/aromatic N) is 2.